The van der Waals surface area contributed by atoms with Gasteiger partial charge < -0.3 is 21.3 Å². The first kappa shape index (κ1) is 30.9. The molecular weight excluding hydrogens is 512 g/mol. The van der Waals surface area contributed by atoms with E-state index >= 15 is 0 Å². The van der Waals surface area contributed by atoms with Crippen LogP contribution in [0, 0.1) is 62.1 Å². The quantitative estimate of drug-likeness (QED) is 0.263. The number of aliphatic hydroxyl groups is 1. The van der Waals surface area contributed by atoms with Crippen LogP contribution in [0.15, 0.2) is 12.2 Å². The van der Waals surface area contributed by atoms with Crippen LogP contribution in [-0.2, 0) is 4.79 Å². The fraction of sp³-hybridized carbons (Fsp3) is 0.886. The number of aliphatic hydroxyl groups excluding tert-OH is 1. The number of carboxylic acids is 1. The number of carbonyl (C=O) groups excluding carboxylic acids is 1. The minimum absolute atomic E-state index is 0.0836. The van der Waals surface area contributed by atoms with E-state index in [0.29, 0.717) is 29.6 Å². The molecule has 0 aromatic heterocycles. The Morgan fingerprint density at radius 2 is 1.56 bits per heavy atom. The molecule has 2 amide bonds. The molecule has 6 nitrogen and oxygen atoms in total. The maximum Gasteiger partial charge on any atom is 0.326 e. The molecule has 232 valence electrons. The third kappa shape index (κ3) is 3.90. The molecule has 0 spiro atoms. The Labute approximate surface area is 248 Å². The van der Waals surface area contributed by atoms with Gasteiger partial charge in [0.1, 0.15) is 6.04 Å². The summed E-state index contributed by atoms with van der Waals surface area (Å²) in [7, 11) is 0. The fourth-order valence-corrected chi connectivity index (χ4v) is 13.2. The van der Waals surface area contributed by atoms with Crippen molar-refractivity contribution in [3.8, 4) is 0 Å². The molecule has 0 saturated heterocycles. The number of amides is 2. The van der Waals surface area contributed by atoms with Crippen molar-refractivity contribution in [3.63, 3.8) is 0 Å². The summed E-state index contributed by atoms with van der Waals surface area (Å²) >= 11 is 0. The number of carboxylic acid groups (broad SMARTS) is 1. The van der Waals surface area contributed by atoms with Crippen molar-refractivity contribution in [2.24, 2.45) is 67.8 Å². The molecule has 0 aromatic carbocycles. The maximum atomic E-state index is 12.7. The van der Waals surface area contributed by atoms with Gasteiger partial charge in [0.15, 0.2) is 0 Å². The number of hydrogen-bond donors (Lipinski definition) is 4. The van der Waals surface area contributed by atoms with Crippen molar-refractivity contribution < 1.29 is 19.8 Å². The molecule has 0 heterocycles. The number of carbonyl (C=O) groups is 2. The Morgan fingerprint density at radius 3 is 2.15 bits per heavy atom. The largest absolute Gasteiger partial charge is 0.480 e. The summed E-state index contributed by atoms with van der Waals surface area (Å²) in [6.45, 7) is 23.2. The van der Waals surface area contributed by atoms with Gasteiger partial charge in [-0.3, -0.25) is 0 Å². The third-order valence-electron chi connectivity index (χ3n) is 15.5. The van der Waals surface area contributed by atoms with Gasteiger partial charge in [-0.15, -0.1) is 0 Å². The highest BCUT2D eigenvalue weighted by Crippen LogP contribution is 2.79. The van der Waals surface area contributed by atoms with Gasteiger partial charge in [0.05, 0.1) is 6.10 Å². The van der Waals surface area contributed by atoms with E-state index in [1.807, 2.05) is 0 Å². The summed E-state index contributed by atoms with van der Waals surface area (Å²) in [5, 5.41) is 24.7. The predicted molar refractivity (Wildman–Crippen MR) is 163 cm³/mol. The average Bonchev–Trinajstić information content (AvgIpc) is 3.27. The van der Waals surface area contributed by atoms with Gasteiger partial charge in [0.25, 0.3) is 0 Å². The van der Waals surface area contributed by atoms with Gasteiger partial charge in [-0.05, 0) is 122 Å². The molecule has 41 heavy (non-hydrogen) atoms. The Hall–Kier alpha value is -1.56. The second kappa shape index (κ2) is 9.47. The number of primary amides is 1. The highest BCUT2D eigenvalue weighted by Gasteiger charge is 2.73. The highest BCUT2D eigenvalue weighted by atomic mass is 16.4. The minimum atomic E-state index is -1.04. The van der Waals surface area contributed by atoms with E-state index < -0.39 is 23.5 Å². The number of nitrogens with one attached hydrogen (secondary N) is 1. The smallest absolute Gasteiger partial charge is 0.326 e. The van der Waals surface area contributed by atoms with Gasteiger partial charge >= 0.3 is 12.0 Å². The lowest BCUT2D eigenvalue weighted by atomic mass is 9.31. The number of fused-ring (bicyclic) bond motifs is 7. The molecule has 5 saturated carbocycles. The number of hydrogen-bond acceptors (Lipinski definition) is 3. The van der Waals surface area contributed by atoms with Crippen LogP contribution >= 0.6 is 0 Å². The zero-order chi connectivity index (χ0) is 30.6. The summed E-state index contributed by atoms with van der Waals surface area (Å²) < 4.78 is 0. The Balaban J connectivity index is 1.60. The van der Waals surface area contributed by atoms with E-state index in [0.717, 1.165) is 51.4 Å². The second-order valence-electron chi connectivity index (χ2n) is 17.2. The van der Waals surface area contributed by atoms with Crippen LogP contribution in [0.4, 0.5) is 4.79 Å². The van der Waals surface area contributed by atoms with E-state index in [1.54, 1.807) is 0 Å². The van der Waals surface area contributed by atoms with Crippen LogP contribution in [0.2, 0.25) is 0 Å². The Bertz CT molecular complexity index is 1120. The SMILES string of the molecule is C=C(C)[C@@H]1CC[C@]2(C(C)(C)[C@H](NC(N)=O)C(=O)O)CC[C@]3(C)[C@H](CC[C@@H]4[C@@]5(C)C(O)CCC(C)(C)[C@@H]5CC[C@]43C)[C@@H]12. The molecule has 6 heteroatoms. The number of aliphatic carboxylic acids is 1. The third-order valence-corrected chi connectivity index (χ3v) is 15.5. The summed E-state index contributed by atoms with van der Waals surface area (Å²) in [6.07, 6.45) is 10.3. The first-order chi connectivity index (χ1) is 18.8. The molecule has 5 N–H and O–H groups in total. The lowest BCUT2D eigenvalue weighted by molar-refractivity contribution is -0.266. The van der Waals surface area contributed by atoms with Crippen molar-refractivity contribution >= 4 is 12.0 Å². The van der Waals surface area contributed by atoms with Gasteiger partial charge in [-0.2, -0.15) is 0 Å². The first-order valence-electron chi connectivity index (χ1n) is 16.4. The minimum Gasteiger partial charge on any atom is -0.480 e. The zero-order valence-electron chi connectivity index (χ0n) is 27.1. The normalized spacial score (nSPS) is 47.6. The number of urea groups is 1. The molecule has 0 radical (unpaired) electrons. The molecule has 5 fully saturated rings. The lowest BCUT2D eigenvalue weighted by Crippen LogP contribution is -2.69. The molecule has 11 atom stereocenters. The van der Waals surface area contributed by atoms with Crippen molar-refractivity contribution in [2.45, 2.75) is 132 Å². The molecule has 0 bridgehead atoms. The van der Waals surface area contributed by atoms with Gasteiger partial charge in [-0.25, -0.2) is 9.59 Å². The standard InChI is InChI=1S/C35H58N2O4/c1-20(2)21-12-17-35(31(5,6)27(28(39)40)37-29(36)41)19-18-32(7)22(26(21)35)10-11-24-33(32,8)16-13-23-30(3,4)15-14-25(38)34(23,24)9/h21-27,38H,1,10-19H2,2-9H3,(H,39,40)(H3,36,37,41)/t21-,22+,23-,24-,25?,26+,27+,32+,33+,34-,35-/m0/s1. The number of rotatable bonds is 5. The summed E-state index contributed by atoms with van der Waals surface area (Å²) in [5.74, 6) is 1.08. The molecule has 5 aliphatic carbocycles. The molecular formula is C35H58N2O4. The maximum absolute atomic E-state index is 12.7. The molecule has 5 aliphatic rings. The van der Waals surface area contributed by atoms with Crippen LogP contribution in [-0.4, -0.2) is 34.4 Å². The molecule has 5 rings (SSSR count). The summed E-state index contributed by atoms with van der Waals surface area (Å²) in [4.78, 5) is 24.7. The average molecular weight is 571 g/mol. The molecule has 0 aromatic rings. The van der Waals surface area contributed by atoms with Crippen molar-refractivity contribution in [3.05, 3.63) is 12.2 Å². The Morgan fingerprint density at radius 1 is 0.902 bits per heavy atom. The second-order valence-corrected chi connectivity index (χ2v) is 17.2. The summed E-state index contributed by atoms with van der Waals surface area (Å²) in [6, 6.07) is -1.82. The molecule has 0 aliphatic heterocycles. The van der Waals surface area contributed by atoms with E-state index in [1.165, 1.54) is 18.4 Å². The topological polar surface area (TPSA) is 113 Å². The van der Waals surface area contributed by atoms with Gasteiger partial charge in [0, 0.05) is 10.8 Å². The molecule has 1 unspecified atom stereocenters. The fourth-order valence-electron chi connectivity index (χ4n) is 13.2. The van der Waals surface area contributed by atoms with E-state index in [4.69, 9.17) is 5.73 Å². The van der Waals surface area contributed by atoms with Crippen LogP contribution in [0.3, 0.4) is 0 Å². The first-order valence-corrected chi connectivity index (χ1v) is 16.4. The Kier molecular flexibility index (Phi) is 7.13. The van der Waals surface area contributed by atoms with Crippen molar-refractivity contribution in [1.82, 2.24) is 5.32 Å². The van der Waals surface area contributed by atoms with E-state index in [9.17, 15) is 19.8 Å². The van der Waals surface area contributed by atoms with Crippen LogP contribution < -0.4 is 11.1 Å². The van der Waals surface area contributed by atoms with Crippen LogP contribution in [0.5, 0.6) is 0 Å². The van der Waals surface area contributed by atoms with Gasteiger partial charge in [0.2, 0.25) is 0 Å². The van der Waals surface area contributed by atoms with Crippen molar-refractivity contribution in [2.75, 3.05) is 0 Å². The highest BCUT2D eigenvalue weighted by molar-refractivity contribution is 5.82. The number of allylic oxidation sites excluding steroid dienone is 1. The lowest BCUT2D eigenvalue weighted by Gasteiger charge is -2.74. The van der Waals surface area contributed by atoms with E-state index in [2.05, 4.69) is 67.3 Å². The van der Waals surface area contributed by atoms with Crippen LogP contribution in [0.25, 0.3) is 0 Å². The van der Waals surface area contributed by atoms with E-state index in [-0.39, 0.29) is 33.2 Å². The summed E-state index contributed by atoms with van der Waals surface area (Å²) in [5.41, 5.74) is 6.17. The van der Waals surface area contributed by atoms with Gasteiger partial charge in [-0.1, -0.05) is 60.6 Å². The zero-order valence-corrected chi connectivity index (χ0v) is 27.1. The number of nitrogens with two attached hydrogens (primary N) is 1. The van der Waals surface area contributed by atoms with Crippen LogP contribution in [0.1, 0.15) is 120 Å². The van der Waals surface area contributed by atoms with Crippen molar-refractivity contribution in [1.29, 1.82) is 0 Å². The predicted octanol–water partition coefficient (Wildman–Crippen LogP) is 7.15. The monoisotopic (exact) mass is 570 g/mol.